The van der Waals surface area contributed by atoms with Crippen molar-refractivity contribution in [3.8, 4) is 28.0 Å². The van der Waals surface area contributed by atoms with Crippen molar-refractivity contribution >= 4 is 28.6 Å². The van der Waals surface area contributed by atoms with E-state index in [1.807, 2.05) is 31.2 Å². The fraction of sp³-hybridized carbons (Fsp3) is 0.406. The Morgan fingerprint density at radius 1 is 0.833 bits per heavy atom. The molecule has 4 rings (SSSR count). The van der Waals surface area contributed by atoms with E-state index in [2.05, 4.69) is 86.7 Å². The highest BCUT2D eigenvalue weighted by Crippen LogP contribution is 2.47. The van der Waals surface area contributed by atoms with Gasteiger partial charge in [0.25, 0.3) is 0 Å². The van der Waals surface area contributed by atoms with Gasteiger partial charge in [0.05, 0.1) is 18.8 Å². The van der Waals surface area contributed by atoms with Crippen molar-refractivity contribution in [2.45, 2.75) is 64.7 Å². The van der Waals surface area contributed by atoms with Gasteiger partial charge in [0.2, 0.25) is 0 Å². The molecule has 1 aliphatic carbocycles. The van der Waals surface area contributed by atoms with Crippen molar-refractivity contribution in [1.82, 2.24) is 0 Å². The van der Waals surface area contributed by atoms with Gasteiger partial charge in [-0.05, 0) is 89.1 Å². The third-order valence-corrected chi connectivity index (χ3v) is 8.17. The molecule has 0 saturated heterocycles. The van der Waals surface area contributed by atoms with Crippen LogP contribution in [-0.2, 0) is 15.6 Å². The van der Waals surface area contributed by atoms with E-state index in [9.17, 15) is 4.79 Å². The number of carbonyl (C=O) groups is 1. The highest BCUT2D eigenvalue weighted by molar-refractivity contribution is 14.1. The maximum absolute atomic E-state index is 12.1. The zero-order chi connectivity index (χ0) is 25.9. The number of hydrogen-bond donors (Lipinski definition) is 0. The summed E-state index contributed by atoms with van der Waals surface area (Å²) < 4.78 is 12.5. The van der Waals surface area contributed by atoms with E-state index in [1.54, 1.807) is 0 Å². The van der Waals surface area contributed by atoms with Gasteiger partial charge in [-0.2, -0.15) is 0 Å². The van der Waals surface area contributed by atoms with Crippen LogP contribution >= 0.6 is 22.6 Å². The Bertz CT molecular complexity index is 1220. The Kier molecular flexibility index (Phi) is 8.13. The lowest BCUT2D eigenvalue weighted by Gasteiger charge is -2.42. The number of fused-ring (bicyclic) bond motifs is 1. The van der Waals surface area contributed by atoms with Crippen LogP contribution in [0.15, 0.2) is 60.7 Å². The number of alkyl halides is 1. The number of carbonyl (C=O) groups excluding carboxylic acids is 1. The van der Waals surface area contributed by atoms with Crippen LogP contribution in [0.3, 0.4) is 0 Å². The smallest absolute Gasteiger partial charge is 0.338 e. The molecule has 0 unspecified atom stereocenters. The van der Waals surface area contributed by atoms with Crippen molar-refractivity contribution in [2.24, 2.45) is 0 Å². The summed E-state index contributed by atoms with van der Waals surface area (Å²) in [7, 11) is 0. The lowest BCUT2D eigenvalue weighted by molar-refractivity contribution is 0.0526. The summed E-state index contributed by atoms with van der Waals surface area (Å²) in [5.74, 6) is 0.628. The number of benzene rings is 3. The van der Waals surface area contributed by atoms with Gasteiger partial charge in [-0.3, -0.25) is 0 Å². The number of esters is 1. The van der Waals surface area contributed by atoms with Crippen LogP contribution in [0.5, 0.6) is 5.75 Å². The first kappa shape index (κ1) is 26.7. The van der Waals surface area contributed by atoms with Gasteiger partial charge in [-0.25, -0.2) is 4.79 Å². The number of hydrogen-bond acceptors (Lipinski definition) is 3. The molecule has 190 valence electrons. The molecule has 0 heterocycles. The molecule has 0 bridgehead atoms. The zero-order valence-electron chi connectivity index (χ0n) is 22.1. The summed E-state index contributed by atoms with van der Waals surface area (Å²) in [6.07, 6.45) is 3.40. The van der Waals surface area contributed by atoms with E-state index in [-0.39, 0.29) is 16.8 Å². The summed E-state index contributed by atoms with van der Waals surface area (Å²) in [5.41, 5.74) is 8.25. The molecule has 0 saturated carbocycles. The maximum Gasteiger partial charge on any atom is 0.338 e. The normalized spacial score (nSPS) is 15.7. The fourth-order valence-corrected chi connectivity index (χ4v) is 5.38. The number of rotatable bonds is 8. The average Bonchev–Trinajstić information content (AvgIpc) is 2.87. The summed E-state index contributed by atoms with van der Waals surface area (Å²) >= 11 is 2.39. The summed E-state index contributed by atoms with van der Waals surface area (Å²) in [6, 6.07) is 21.0. The van der Waals surface area contributed by atoms with Crippen LogP contribution in [0, 0.1) is 0 Å². The molecule has 0 amide bonds. The van der Waals surface area contributed by atoms with Crippen molar-refractivity contribution in [2.75, 3.05) is 17.6 Å². The SMILES string of the molecule is CCOC(=O)c1ccc(-c2ccc(OCCCI)c(-c3ccc4c(c3)C(C)(C)CCC4(C)C)c2)cc1. The maximum atomic E-state index is 12.1. The molecular weight excluding hydrogens is 559 g/mol. The largest absolute Gasteiger partial charge is 0.493 e. The first-order chi connectivity index (χ1) is 17.2. The third-order valence-electron chi connectivity index (χ3n) is 7.41. The molecule has 0 fully saturated rings. The average molecular weight is 597 g/mol. The van der Waals surface area contributed by atoms with Crippen LogP contribution in [0.4, 0.5) is 0 Å². The second-order valence-electron chi connectivity index (χ2n) is 10.9. The topological polar surface area (TPSA) is 35.5 Å². The predicted octanol–water partition coefficient (Wildman–Crippen LogP) is 8.75. The molecule has 0 radical (unpaired) electrons. The monoisotopic (exact) mass is 596 g/mol. The Balaban J connectivity index is 1.77. The molecule has 0 spiro atoms. The van der Waals surface area contributed by atoms with Crippen molar-refractivity contribution < 1.29 is 14.3 Å². The second-order valence-corrected chi connectivity index (χ2v) is 12.0. The lowest BCUT2D eigenvalue weighted by atomic mass is 9.63. The Morgan fingerprint density at radius 2 is 1.47 bits per heavy atom. The molecule has 4 heteroatoms. The Labute approximate surface area is 229 Å². The van der Waals surface area contributed by atoms with Crippen LogP contribution in [0.1, 0.15) is 75.4 Å². The standard InChI is InChI=1S/C32H37IO3/c1-6-35-30(34)23-10-8-22(9-11-23)24-13-15-29(36-19-7-18-33)26(20-24)25-12-14-27-28(21-25)32(4,5)17-16-31(27,2)3/h8-15,20-21H,6-7,16-19H2,1-5H3. The molecule has 0 aromatic heterocycles. The fourth-order valence-electron chi connectivity index (χ4n) is 5.07. The highest BCUT2D eigenvalue weighted by atomic mass is 127. The number of ether oxygens (including phenoxy) is 2. The van der Waals surface area contributed by atoms with Gasteiger partial charge in [-0.1, -0.05) is 86.7 Å². The van der Waals surface area contributed by atoms with Crippen LogP contribution in [0.2, 0.25) is 0 Å². The second kappa shape index (κ2) is 11.0. The minimum absolute atomic E-state index is 0.142. The van der Waals surface area contributed by atoms with Crippen molar-refractivity contribution in [3.05, 3.63) is 77.4 Å². The number of halogens is 1. The predicted molar refractivity (Wildman–Crippen MR) is 158 cm³/mol. The summed E-state index contributed by atoms with van der Waals surface area (Å²) in [4.78, 5) is 12.1. The molecule has 3 aromatic carbocycles. The molecule has 0 atom stereocenters. The molecule has 1 aliphatic rings. The van der Waals surface area contributed by atoms with Gasteiger partial charge in [0.15, 0.2) is 0 Å². The van der Waals surface area contributed by atoms with E-state index >= 15 is 0 Å². The minimum Gasteiger partial charge on any atom is -0.493 e. The van der Waals surface area contributed by atoms with Gasteiger partial charge in [-0.15, -0.1) is 0 Å². The van der Waals surface area contributed by atoms with Crippen LogP contribution in [0.25, 0.3) is 22.3 Å². The van der Waals surface area contributed by atoms with Crippen molar-refractivity contribution in [1.29, 1.82) is 0 Å². The molecule has 0 N–H and O–H groups in total. The van der Waals surface area contributed by atoms with Crippen LogP contribution in [-0.4, -0.2) is 23.6 Å². The molecule has 0 aliphatic heterocycles. The Morgan fingerprint density at radius 3 is 2.14 bits per heavy atom. The lowest BCUT2D eigenvalue weighted by Crippen LogP contribution is -2.33. The van der Waals surface area contributed by atoms with Gasteiger partial charge < -0.3 is 9.47 Å². The molecule has 3 aromatic rings. The van der Waals surface area contributed by atoms with E-state index in [0.717, 1.165) is 33.3 Å². The Hall–Kier alpha value is -2.34. The van der Waals surface area contributed by atoms with Crippen LogP contribution < -0.4 is 4.74 Å². The van der Waals surface area contributed by atoms with Gasteiger partial charge in [0, 0.05) is 9.99 Å². The third kappa shape index (κ3) is 5.64. The summed E-state index contributed by atoms with van der Waals surface area (Å²) in [5, 5.41) is 0. The molecular formula is C32H37IO3. The van der Waals surface area contributed by atoms with Gasteiger partial charge >= 0.3 is 5.97 Å². The molecule has 3 nitrogen and oxygen atoms in total. The van der Waals surface area contributed by atoms with E-state index < -0.39 is 0 Å². The van der Waals surface area contributed by atoms with E-state index in [4.69, 9.17) is 9.47 Å². The molecule has 36 heavy (non-hydrogen) atoms. The van der Waals surface area contributed by atoms with E-state index in [0.29, 0.717) is 18.8 Å². The quantitative estimate of drug-likeness (QED) is 0.113. The first-order valence-electron chi connectivity index (χ1n) is 12.9. The summed E-state index contributed by atoms with van der Waals surface area (Å²) in [6.45, 7) is 12.3. The minimum atomic E-state index is -0.289. The van der Waals surface area contributed by atoms with Gasteiger partial charge in [0.1, 0.15) is 5.75 Å². The first-order valence-corrected chi connectivity index (χ1v) is 14.4. The van der Waals surface area contributed by atoms with Crippen molar-refractivity contribution in [3.63, 3.8) is 0 Å². The highest BCUT2D eigenvalue weighted by Gasteiger charge is 2.37. The van der Waals surface area contributed by atoms with E-state index in [1.165, 1.54) is 29.5 Å². The zero-order valence-corrected chi connectivity index (χ0v) is 24.3.